The van der Waals surface area contributed by atoms with E-state index in [-0.39, 0.29) is 11.7 Å². The summed E-state index contributed by atoms with van der Waals surface area (Å²) in [6.45, 7) is 1.98. The van der Waals surface area contributed by atoms with E-state index in [4.69, 9.17) is 9.72 Å². The van der Waals surface area contributed by atoms with Crippen LogP contribution < -0.4 is 10.5 Å². The molecule has 1 unspecified atom stereocenters. The summed E-state index contributed by atoms with van der Waals surface area (Å²) in [5.74, 6) is 0.938. The van der Waals surface area contributed by atoms with Crippen molar-refractivity contribution in [1.29, 1.82) is 0 Å². The Morgan fingerprint density at radius 2 is 2.22 bits per heavy atom. The number of ether oxygens (including phenoxy) is 1. The summed E-state index contributed by atoms with van der Waals surface area (Å²) in [4.78, 5) is 27.5. The standard InChI is InChI=1S/C19H20BrN5O2/c1-24-18(26)10-16(15-5-6-21-12-22-15)23-19(24)25-7-8-27-17(11-25)13-3-2-4-14(20)9-13/h2,4-6,9-10,12-13,17H,3,7-8,11H2,1H3/t13?,17-/m0/s1. The minimum absolute atomic E-state index is 0.0517. The minimum Gasteiger partial charge on any atom is -0.374 e. The van der Waals surface area contributed by atoms with Crippen LogP contribution in [0.1, 0.15) is 6.42 Å². The van der Waals surface area contributed by atoms with Gasteiger partial charge in [-0.15, -0.1) is 0 Å². The highest BCUT2D eigenvalue weighted by molar-refractivity contribution is 9.11. The Labute approximate surface area is 165 Å². The fourth-order valence-corrected chi connectivity index (χ4v) is 3.95. The number of hydrogen-bond donors (Lipinski definition) is 0. The van der Waals surface area contributed by atoms with Crippen LogP contribution in [0.15, 0.2) is 52.2 Å². The second-order valence-electron chi connectivity index (χ2n) is 6.64. The van der Waals surface area contributed by atoms with Crippen molar-refractivity contribution in [1.82, 2.24) is 19.5 Å². The zero-order valence-corrected chi connectivity index (χ0v) is 16.5. The first-order valence-electron chi connectivity index (χ1n) is 8.86. The lowest BCUT2D eigenvalue weighted by Gasteiger charge is -2.37. The highest BCUT2D eigenvalue weighted by Crippen LogP contribution is 2.28. The molecule has 2 aromatic rings. The molecule has 1 saturated heterocycles. The van der Waals surface area contributed by atoms with Gasteiger partial charge in [-0.1, -0.05) is 34.2 Å². The molecule has 2 aromatic heterocycles. The van der Waals surface area contributed by atoms with E-state index in [1.54, 1.807) is 23.9 Å². The normalized spacial score (nSPS) is 22.6. The van der Waals surface area contributed by atoms with Crippen LogP contribution in [0.2, 0.25) is 0 Å². The van der Waals surface area contributed by atoms with Crippen LogP contribution in [-0.2, 0) is 11.8 Å². The molecule has 4 rings (SSSR count). The summed E-state index contributed by atoms with van der Waals surface area (Å²) in [6, 6.07) is 3.26. The van der Waals surface area contributed by atoms with Crippen LogP contribution in [0.4, 0.5) is 5.95 Å². The van der Waals surface area contributed by atoms with E-state index < -0.39 is 0 Å². The summed E-state index contributed by atoms with van der Waals surface area (Å²) < 4.78 is 8.69. The molecule has 0 saturated carbocycles. The molecular formula is C19H20BrN5O2. The zero-order valence-electron chi connectivity index (χ0n) is 15.0. The predicted octanol–water partition coefficient (Wildman–Crippen LogP) is 2.30. The molecule has 0 radical (unpaired) electrons. The first-order chi connectivity index (χ1) is 13.1. The molecule has 2 atom stereocenters. The average molecular weight is 430 g/mol. The SMILES string of the molecule is Cn1c(N2CCO[C@H](C3C=C(Br)C=CC3)C2)nc(-c2ccncn2)cc1=O. The molecule has 140 valence electrons. The fraction of sp³-hybridized carbons (Fsp3) is 0.368. The Bertz CT molecular complexity index is 941. The third kappa shape index (κ3) is 3.86. The maximum atomic E-state index is 12.5. The van der Waals surface area contributed by atoms with Gasteiger partial charge in [0.1, 0.15) is 6.33 Å². The molecule has 27 heavy (non-hydrogen) atoms. The maximum absolute atomic E-state index is 12.5. The maximum Gasteiger partial charge on any atom is 0.255 e. The third-order valence-electron chi connectivity index (χ3n) is 4.87. The van der Waals surface area contributed by atoms with Gasteiger partial charge in [-0.3, -0.25) is 9.36 Å². The number of hydrogen-bond acceptors (Lipinski definition) is 6. The van der Waals surface area contributed by atoms with Gasteiger partial charge in [0.15, 0.2) is 0 Å². The van der Waals surface area contributed by atoms with E-state index >= 15 is 0 Å². The number of allylic oxidation sites excluding steroid dienone is 3. The van der Waals surface area contributed by atoms with Crippen molar-refractivity contribution in [2.45, 2.75) is 12.5 Å². The molecular weight excluding hydrogens is 410 g/mol. The Morgan fingerprint density at radius 3 is 3.00 bits per heavy atom. The van der Waals surface area contributed by atoms with E-state index in [2.05, 4.69) is 49.0 Å². The molecule has 1 aliphatic carbocycles. The van der Waals surface area contributed by atoms with Crippen molar-refractivity contribution in [2.75, 3.05) is 24.6 Å². The molecule has 3 heterocycles. The molecule has 7 nitrogen and oxygen atoms in total. The van der Waals surface area contributed by atoms with E-state index in [0.717, 1.165) is 10.9 Å². The molecule has 1 fully saturated rings. The summed E-state index contributed by atoms with van der Waals surface area (Å²) >= 11 is 3.55. The number of morpholine rings is 1. The van der Waals surface area contributed by atoms with Crippen molar-refractivity contribution in [2.24, 2.45) is 13.0 Å². The van der Waals surface area contributed by atoms with Gasteiger partial charge in [0.25, 0.3) is 5.56 Å². The Morgan fingerprint density at radius 1 is 1.33 bits per heavy atom. The predicted molar refractivity (Wildman–Crippen MR) is 107 cm³/mol. The van der Waals surface area contributed by atoms with Gasteiger partial charge in [-0.25, -0.2) is 15.0 Å². The quantitative estimate of drug-likeness (QED) is 0.744. The van der Waals surface area contributed by atoms with Gasteiger partial charge >= 0.3 is 0 Å². The Balaban J connectivity index is 1.63. The molecule has 0 spiro atoms. The lowest BCUT2D eigenvalue weighted by molar-refractivity contribution is 0.0138. The van der Waals surface area contributed by atoms with Crippen LogP contribution in [0.5, 0.6) is 0 Å². The first kappa shape index (κ1) is 18.1. The molecule has 0 amide bonds. The van der Waals surface area contributed by atoms with E-state index in [1.165, 1.54) is 12.4 Å². The molecule has 1 aliphatic heterocycles. The number of nitrogens with zero attached hydrogens (tertiary/aromatic N) is 5. The summed E-state index contributed by atoms with van der Waals surface area (Å²) in [5, 5.41) is 0. The van der Waals surface area contributed by atoms with Crippen molar-refractivity contribution in [3.8, 4) is 11.4 Å². The lowest BCUT2D eigenvalue weighted by Crippen LogP contribution is -2.47. The molecule has 2 aliphatic rings. The molecule has 0 bridgehead atoms. The monoisotopic (exact) mass is 429 g/mol. The van der Waals surface area contributed by atoms with Gasteiger partial charge in [-0.05, 0) is 12.5 Å². The topological polar surface area (TPSA) is 73.1 Å². The first-order valence-corrected chi connectivity index (χ1v) is 9.66. The third-order valence-corrected chi connectivity index (χ3v) is 5.40. The van der Waals surface area contributed by atoms with E-state index in [0.29, 0.717) is 43.0 Å². The summed E-state index contributed by atoms with van der Waals surface area (Å²) in [5.41, 5.74) is 1.08. The van der Waals surface area contributed by atoms with Gasteiger partial charge in [0, 0.05) is 42.8 Å². The number of anilines is 1. The van der Waals surface area contributed by atoms with Crippen LogP contribution in [0.3, 0.4) is 0 Å². The van der Waals surface area contributed by atoms with Gasteiger partial charge in [0.2, 0.25) is 5.95 Å². The zero-order chi connectivity index (χ0) is 18.8. The van der Waals surface area contributed by atoms with Crippen LogP contribution in [0, 0.1) is 5.92 Å². The summed E-state index contributed by atoms with van der Waals surface area (Å²) in [7, 11) is 1.75. The Kier molecular flexibility index (Phi) is 5.18. The smallest absolute Gasteiger partial charge is 0.255 e. The summed E-state index contributed by atoms with van der Waals surface area (Å²) in [6.07, 6.45) is 10.5. The lowest BCUT2D eigenvalue weighted by atomic mass is 9.93. The van der Waals surface area contributed by atoms with Crippen molar-refractivity contribution < 1.29 is 4.74 Å². The van der Waals surface area contributed by atoms with Crippen molar-refractivity contribution >= 4 is 21.9 Å². The second kappa shape index (κ2) is 7.74. The highest BCUT2D eigenvalue weighted by Gasteiger charge is 2.29. The molecule has 8 heteroatoms. The molecule has 0 N–H and O–H groups in total. The number of rotatable bonds is 3. The average Bonchev–Trinajstić information content (AvgIpc) is 2.71. The highest BCUT2D eigenvalue weighted by atomic mass is 79.9. The number of aromatic nitrogens is 4. The largest absolute Gasteiger partial charge is 0.374 e. The second-order valence-corrected chi connectivity index (χ2v) is 7.56. The van der Waals surface area contributed by atoms with Crippen LogP contribution >= 0.6 is 15.9 Å². The van der Waals surface area contributed by atoms with Gasteiger partial charge in [0.05, 0.1) is 24.1 Å². The van der Waals surface area contributed by atoms with Crippen molar-refractivity contribution in [3.05, 3.63) is 57.7 Å². The van der Waals surface area contributed by atoms with E-state index in [1.807, 2.05) is 0 Å². The van der Waals surface area contributed by atoms with E-state index in [9.17, 15) is 4.79 Å². The van der Waals surface area contributed by atoms with Gasteiger partial charge < -0.3 is 9.64 Å². The van der Waals surface area contributed by atoms with Gasteiger partial charge in [-0.2, -0.15) is 0 Å². The fourth-order valence-electron chi connectivity index (χ4n) is 3.42. The van der Waals surface area contributed by atoms with Crippen molar-refractivity contribution in [3.63, 3.8) is 0 Å². The van der Waals surface area contributed by atoms with Crippen LogP contribution in [0.25, 0.3) is 11.4 Å². The van der Waals surface area contributed by atoms with Crippen LogP contribution in [-0.4, -0.2) is 45.3 Å². The number of halogens is 1. The minimum atomic E-state index is -0.111. The Hall–Kier alpha value is -2.32. The molecule has 0 aromatic carbocycles.